The molecule has 0 radical (unpaired) electrons. The highest BCUT2D eigenvalue weighted by molar-refractivity contribution is 8.00. The third-order valence-electron chi connectivity index (χ3n) is 6.18. The van der Waals surface area contributed by atoms with Crippen molar-refractivity contribution in [3.05, 3.63) is 63.4 Å². The molecular weight excluding hydrogens is 533 g/mol. The molecule has 0 saturated carbocycles. The van der Waals surface area contributed by atoms with E-state index in [1.165, 1.54) is 4.68 Å². The third kappa shape index (κ3) is 6.22. The first-order valence-corrected chi connectivity index (χ1v) is 13.7. The van der Waals surface area contributed by atoms with Gasteiger partial charge in [0, 0.05) is 34.8 Å². The van der Waals surface area contributed by atoms with E-state index in [-0.39, 0.29) is 40.5 Å². The molecule has 8 nitrogen and oxygen atoms in total. The average Bonchev–Trinajstić information content (AvgIpc) is 3.21. The van der Waals surface area contributed by atoms with Gasteiger partial charge in [-0.1, -0.05) is 44.0 Å². The molecular formula is C26H29Cl2N5O3S. The van der Waals surface area contributed by atoms with Crippen LogP contribution in [0.5, 0.6) is 5.88 Å². The number of nitrogens with zero attached hydrogens (tertiary/aromatic N) is 3. The fourth-order valence-corrected chi connectivity index (χ4v) is 4.52. The quantitative estimate of drug-likeness (QED) is 0.378. The second-order valence-electron chi connectivity index (χ2n) is 10.0. The van der Waals surface area contributed by atoms with Crippen molar-refractivity contribution in [3.63, 3.8) is 0 Å². The number of rotatable bonds is 7. The molecule has 3 aromatic rings. The molecule has 2 aromatic heterocycles. The van der Waals surface area contributed by atoms with Gasteiger partial charge in [-0.25, -0.2) is 9.67 Å². The Kier molecular flexibility index (Phi) is 8.06. The van der Waals surface area contributed by atoms with Gasteiger partial charge in [0.15, 0.2) is 5.82 Å². The molecule has 1 atom stereocenters. The largest absolute Gasteiger partial charge is 0.472 e. The zero-order valence-corrected chi connectivity index (χ0v) is 23.6. The Balaban J connectivity index is 1.70. The normalized spacial score (nSPS) is 14.6. The number of aromatic nitrogens is 3. The van der Waals surface area contributed by atoms with Crippen LogP contribution in [-0.4, -0.2) is 50.2 Å². The third-order valence-corrected chi connectivity index (χ3v) is 7.91. The van der Waals surface area contributed by atoms with E-state index in [9.17, 15) is 9.59 Å². The van der Waals surface area contributed by atoms with E-state index in [4.69, 9.17) is 27.9 Å². The lowest BCUT2D eigenvalue weighted by molar-refractivity contribution is 0.0911. The molecule has 4 rings (SSSR count). The summed E-state index contributed by atoms with van der Waals surface area (Å²) in [6, 6.07) is 8.02. The number of hydrogen-bond acceptors (Lipinski definition) is 6. The van der Waals surface area contributed by atoms with Crippen LogP contribution in [0.4, 0.5) is 5.69 Å². The van der Waals surface area contributed by atoms with Crippen LogP contribution in [0.25, 0.3) is 5.82 Å². The number of carbonyl (C=O) groups excluding carboxylic acids is 2. The van der Waals surface area contributed by atoms with Crippen LogP contribution in [0.3, 0.4) is 0 Å². The highest BCUT2D eigenvalue weighted by Gasteiger charge is 2.27. The Morgan fingerprint density at radius 3 is 2.54 bits per heavy atom. The van der Waals surface area contributed by atoms with Crippen LogP contribution in [0.2, 0.25) is 10.0 Å². The lowest BCUT2D eigenvalue weighted by atomic mass is 9.88. The van der Waals surface area contributed by atoms with Gasteiger partial charge >= 0.3 is 0 Å². The Bertz CT molecular complexity index is 1330. The Morgan fingerprint density at radius 2 is 1.92 bits per heavy atom. The summed E-state index contributed by atoms with van der Waals surface area (Å²) in [5, 5.41) is 11.1. The van der Waals surface area contributed by atoms with Crippen LogP contribution in [0, 0.1) is 12.3 Å². The van der Waals surface area contributed by atoms with Crippen molar-refractivity contribution in [3.8, 4) is 11.7 Å². The van der Waals surface area contributed by atoms with Gasteiger partial charge in [-0.2, -0.15) is 11.8 Å². The fraction of sp³-hybridized carbons (Fsp3) is 0.385. The summed E-state index contributed by atoms with van der Waals surface area (Å²) in [6.07, 6.45) is 1.60. The molecule has 196 valence electrons. The van der Waals surface area contributed by atoms with E-state index in [1.54, 1.807) is 55.2 Å². The number of carbonyl (C=O) groups is 2. The molecule has 1 unspecified atom stereocenters. The SMILES string of the molecule is Cc1cc(Cl)cc(C(=O)NC(C)C(C)(C)C)c1NC(=O)c1cc(OC2CSC2)nn1-c1ncccc1Cl. The topological polar surface area (TPSA) is 98.1 Å². The molecule has 37 heavy (non-hydrogen) atoms. The highest BCUT2D eigenvalue weighted by atomic mass is 35.5. The van der Waals surface area contributed by atoms with Gasteiger partial charge < -0.3 is 15.4 Å². The summed E-state index contributed by atoms with van der Waals surface area (Å²) in [4.78, 5) is 31.2. The standard InChI is InChI=1S/C26H29Cl2N5O3S/c1-14-9-16(27)10-18(24(34)30-15(2)26(3,4)5)22(14)31-25(35)20-11-21(36-17-12-37-13-17)32-33(20)23-19(28)7-6-8-29-23/h6-11,15,17H,12-13H2,1-5H3,(H,30,34)(H,31,35). The molecule has 3 heterocycles. The zero-order chi connectivity index (χ0) is 26.9. The second-order valence-corrected chi connectivity index (χ2v) is 11.9. The fourth-order valence-electron chi connectivity index (χ4n) is 3.48. The molecule has 2 amide bonds. The number of halogens is 2. The maximum absolute atomic E-state index is 13.6. The van der Waals surface area contributed by atoms with Crippen LogP contribution in [-0.2, 0) is 0 Å². The first-order valence-electron chi connectivity index (χ1n) is 11.8. The molecule has 1 aromatic carbocycles. The van der Waals surface area contributed by atoms with Gasteiger partial charge in [-0.05, 0) is 49.1 Å². The van der Waals surface area contributed by atoms with E-state index in [0.29, 0.717) is 27.2 Å². The van der Waals surface area contributed by atoms with Gasteiger partial charge in [0.2, 0.25) is 5.88 Å². The van der Waals surface area contributed by atoms with Crippen molar-refractivity contribution >= 4 is 52.5 Å². The number of nitrogens with one attached hydrogen (secondary N) is 2. The Hall–Kier alpha value is -2.75. The molecule has 0 spiro atoms. The van der Waals surface area contributed by atoms with Crippen LogP contribution >= 0.6 is 35.0 Å². The number of anilines is 1. The van der Waals surface area contributed by atoms with Gasteiger partial charge in [0.25, 0.3) is 11.8 Å². The van der Waals surface area contributed by atoms with Gasteiger partial charge in [0.1, 0.15) is 11.8 Å². The summed E-state index contributed by atoms with van der Waals surface area (Å²) in [5.41, 5.74) is 1.26. The van der Waals surface area contributed by atoms with Crippen molar-refractivity contribution in [2.45, 2.75) is 46.8 Å². The number of hydrogen-bond donors (Lipinski definition) is 2. The zero-order valence-electron chi connectivity index (χ0n) is 21.3. The predicted octanol–water partition coefficient (Wildman–Crippen LogP) is 5.79. The lowest BCUT2D eigenvalue weighted by Crippen LogP contribution is -2.41. The van der Waals surface area contributed by atoms with E-state index in [2.05, 4.69) is 20.7 Å². The molecule has 1 aliphatic rings. The maximum Gasteiger partial charge on any atom is 0.274 e. The van der Waals surface area contributed by atoms with Gasteiger partial charge in [-0.15, -0.1) is 5.10 Å². The molecule has 0 bridgehead atoms. The van der Waals surface area contributed by atoms with E-state index >= 15 is 0 Å². The van der Waals surface area contributed by atoms with Crippen LogP contribution in [0.1, 0.15) is 54.1 Å². The molecule has 1 saturated heterocycles. The summed E-state index contributed by atoms with van der Waals surface area (Å²) in [5.74, 6) is 1.45. The summed E-state index contributed by atoms with van der Waals surface area (Å²) in [6.45, 7) is 9.83. The van der Waals surface area contributed by atoms with Gasteiger partial charge in [-0.3, -0.25) is 9.59 Å². The second kappa shape index (κ2) is 10.9. The van der Waals surface area contributed by atoms with E-state index < -0.39 is 5.91 Å². The molecule has 1 fully saturated rings. The molecule has 1 aliphatic heterocycles. The smallest absolute Gasteiger partial charge is 0.274 e. The van der Waals surface area contributed by atoms with Crippen molar-refractivity contribution in [2.75, 3.05) is 16.8 Å². The Morgan fingerprint density at radius 1 is 1.19 bits per heavy atom. The maximum atomic E-state index is 13.6. The summed E-state index contributed by atoms with van der Waals surface area (Å²) in [7, 11) is 0. The van der Waals surface area contributed by atoms with Crippen molar-refractivity contribution in [1.82, 2.24) is 20.1 Å². The minimum atomic E-state index is -0.504. The monoisotopic (exact) mass is 561 g/mol. The molecule has 0 aliphatic carbocycles. The average molecular weight is 563 g/mol. The molecule has 11 heteroatoms. The van der Waals surface area contributed by atoms with E-state index in [0.717, 1.165) is 11.5 Å². The number of thioether (sulfide) groups is 1. The van der Waals surface area contributed by atoms with Crippen molar-refractivity contribution in [2.24, 2.45) is 5.41 Å². The predicted molar refractivity (Wildman–Crippen MR) is 149 cm³/mol. The number of ether oxygens (including phenoxy) is 1. The lowest BCUT2D eigenvalue weighted by Gasteiger charge is -2.28. The van der Waals surface area contributed by atoms with Crippen molar-refractivity contribution < 1.29 is 14.3 Å². The first-order chi connectivity index (χ1) is 17.4. The first kappa shape index (κ1) is 27.3. The Labute approximate surface area is 230 Å². The van der Waals surface area contributed by atoms with Crippen LogP contribution in [0.15, 0.2) is 36.5 Å². The number of pyridine rings is 1. The van der Waals surface area contributed by atoms with Gasteiger partial charge in [0.05, 0.1) is 16.3 Å². The summed E-state index contributed by atoms with van der Waals surface area (Å²) < 4.78 is 7.28. The molecule has 2 N–H and O–H groups in total. The van der Waals surface area contributed by atoms with Crippen molar-refractivity contribution in [1.29, 1.82) is 0 Å². The number of benzene rings is 1. The minimum Gasteiger partial charge on any atom is -0.472 e. The number of aryl methyl sites for hydroxylation is 1. The minimum absolute atomic E-state index is 0.0297. The highest BCUT2D eigenvalue weighted by Crippen LogP contribution is 2.30. The summed E-state index contributed by atoms with van der Waals surface area (Å²) >= 11 is 14.4. The van der Waals surface area contributed by atoms with E-state index in [1.807, 2.05) is 27.7 Å². The number of amides is 2. The van der Waals surface area contributed by atoms with Crippen LogP contribution < -0.4 is 15.4 Å².